The van der Waals surface area contributed by atoms with E-state index in [1.807, 2.05) is 4.90 Å². The third kappa shape index (κ3) is 4.69. The maximum Gasteiger partial charge on any atom is 0.416 e. The summed E-state index contributed by atoms with van der Waals surface area (Å²) in [5.74, 6) is 0.448. The first-order chi connectivity index (χ1) is 13.4. The normalized spacial score (nSPS) is 17.2. The summed E-state index contributed by atoms with van der Waals surface area (Å²) in [5, 5.41) is 2.68. The van der Waals surface area contributed by atoms with E-state index < -0.39 is 11.7 Å². The number of halogens is 3. The Morgan fingerprint density at radius 2 is 2.04 bits per heavy atom. The van der Waals surface area contributed by atoms with Gasteiger partial charge in [-0.25, -0.2) is 4.98 Å². The molecule has 1 aliphatic heterocycles. The minimum absolute atomic E-state index is 0.233. The highest BCUT2D eigenvalue weighted by Gasteiger charge is 2.31. The summed E-state index contributed by atoms with van der Waals surface area (Å²) in [7, 11) is 0. The molecule has 1 aromatic carbocycles. The van der Waals surface area contributed by atoms with E-state index in [4.69, 9.17) is 4.74 Å². The summed E-state index contributed by atoms with van der Waals surface area (Å²) in [6, 6.07) is 8.44. The SMILES string of the molecule is C=CCNC(=O)c1ccc(N2CCOC(c3ccc(C(F)(F)F)cc3)C2)nc1. The van der Waals surface area contributed by atoms with Crippen LogP contribution in [0.25, 0.3) is 0 Å². The minimum Gasteiger partial charge on any atom is -0.370 e. The molecule has 1 atom stereocenters. The molecule has 1 amide bonds. The molecule has 0 radical (unpaired) electrons. The van der Waals surface area contributed by atoms with Crippen LogP contribution in [0.5, 0.6) is 0 Å². The smallest absolute Gasteiger partial charge is 0.370 e. The van der Waals surface area contributed by atoms with Crippen LogP contribution in [0.15, 0.2) is 55.3 Å². The number of carbonyl (C=O) groups excluding carboxylic acids is 1. The van der Waals surface area contributed by atoms with Gasteiger partial charge in [0.15, 0.2) is 0 Å². The third-order valence-electron chi connectivity index (χ3n) is 4.42. The van der Waals surface area contributed by atoms with Gasteiger partial charge in [0.25, 0.3) is 5.91 Å². The highest BCUT2D eigenvalue weighted by Crippen LogP contribution is 2.31. The molecule has 1 aliphatic rings. The van der Waals surface area contributed by atoms with Crippen LogP contribution in [-0.2, 0) is 10.9 Å². The summed E-state index contributed by atoms with van der Waals surface area (Å²) in [5.41, 5.74) is 0.437. The van der Waals surface area contributed by atoms with Crippen molar-refractivity contribution in [2.45, 2.75) is 12.3 Å². The van der Waals surface area contributed by atoms with Crippen molar-refractivity contribution in [2.75, 3.05) is 31.1 Å². The topological polar surface area (TPSA) is 54.5 Å². The zero-order chi connectivity index (χ0) is 20.1. The number of pyridine rings is 1. The third-order valence-corrected chi connectivity index (χ3v) is 4.42. The number of nitrogens with zero attached hydrogens (tertiary/aromatic N) is 2. The van der Waals surface area contributed by atoms with Crippen molar-refractivity contribution in [2.24, 2.45) is 0 Å². The minimum atomic E-state index is -4.36. The van der Waals surface area contributed by atoms with Crippen LogP contribution in [-0.4, -0.2) is 37.1 Å². The van der Waals surface area contributed by atoms with Crippen LogP contribution in [0.1, 0.15) is 27.6 Å². The maximum absolute atomic E-state index is 12.7. The molecule has 2 heterocycles. The molecule has 2 aromatic rings. The summed E-state index contributed by atoms with van der Waals surface area (Å²) in [6.45, 7) is 5.41. The molecule has 0 spiro atoms. The van der Waals surface area contributed by atoms with Crippen molar-refractivity contribution >= 4 is 11.7 Å². The largest absolute Gasteiger partial charge is 0.416 e. The Bertz CT molecular complexity index is 820. The second kappa shape index (κ2) is 8.43. The standard InChI is InChI=1S/C20H20F3N3O2/c1-2-9-24-19(27)15-5-8-18(25-12-15)26-10-11-28-17(13-26)14-3-6-16(7-4-14)20(21,22)23/h2-8,12,17H,1,9-11,13H2,(H,24,27). The monoisotopic (exact) mass is 391 g/mol. The number of anilines is 1. The number of hydrogen-bond donors (Lipinski definition) is 1. The van der Waals surface area contributed by atoms with Gasteiger partial charge in [-0.15, -0.1) is 6.58 Å². The molecule has 1 fully saturated rings. The van der Waals surface area contributed by atoms with Crippen LogP contribution in [0.2, 0.25) is 0 Å². The molecule has 0 saturated carbocycles. The molecule has 1 unspecified atom stereocenters. The fraction of sp³-hybridized carbons (Fsp3) is 0.300. The summed E-state index contributed by atoms with van der Waals surface area (Å²) in [6.07, 6.45) is -1.62. The van der Waals surface area contributed by atoms with Crippen molar-refractivity contribution in [3.63, 3.8) is 0 Å². The predicted molar refractivity (Wildman–Crippen MR) is 99.1 cm³/mol. The number of nitrogens with one attached hydrogen (secondary N) is 1. The molecule has 1 saturated heterocycles. The van der Waals surface area contributed by atoms with Crippen LogP contribution in [0.3, 0.4) is 0 Å². The zero-order valence-electron chi connectivity index (χ0n) is 15.1. The predicted octanol–water partition coefficient (Wildman–Crippen LogP) is 3.59. The van der Waals surface area contributed by atoms with Crippen LogP contribution in [0, 0.1) is 0 Å². The molecule has 148 valence electrons. The van der Waals surface area contributed by atoms with Gasteiger partial charge in [-0.3, -0.25) is 4.79 Å². The van der Waals surface area contributed by atoms with E-state index in [2.05, 4.69) is 16.9 Å². The van der Waals surface area contributed by atoms with Gasteiger partial charge >= 0.3 is 6.18 Å². The van der Waals surface area contributed by atoms with Gasteiger partial charge in [0.1, 0.15) is 11.9 Å². The molecule has 3 rings (SSSR count). The van der Waals surface area contributed by atoms with Crippen molar-refractivity contribution in [3.8, 4) is 0 Å². The Balaban J connectivity index is 1.67. The number of alkyl halides is 3. The van der Waals surface area contributed by atoms with Gasteiger partial charge in [0.05, 0.1) is 17.7 Å². The average Bonchev–Trinajstić information content (AvgIpc) is 2.71. The molecule has 5 nitrogen and oxygen atoms in total. The molecular weight excluding hydrogens is 371 g/mol. The zero-order valence-corrected chi connectivity index (χ0v) is 15.1. The Morgan fingerprint density at radius 3 is 2.64 bits per heavy atom. The lowest BCUT2D eigenvalue weighted by Crippen LogP contribution is -2.38. The molecule has 1 N–H and O–H groups in total. The number of aromatic nitrogens is 1. The number of carbonyl (C=O) groups is 1. The van der Waals surface area contributed by atoms with Gasteiger partial charge in [0.2, 0.25) is 0 Å². The molecule has 28 heavy (non-hydrogen) atoms. The Hall–Kier alpha value is -2.87. The van der Waals surface area contributed by atoms with E-state index in [-0.39, 0.29) is 12.0 Å². The molecule has 1 aromatic heterocycles. The van der Waals surface area contributed by atoms with E-state index in [0.717, 1.165) is 12.1 Å². The van der Waals surface area contributed by atoms with E-state index in [0.29, 0.717) is 43.2 Å². The highest BCUT2D eigenvalue weighted by atomic mass is 19.4. The molecule has 0 bridgehead atoms. The summed E-state index contributed by atoms with van der Waals surface area (Å²) in [4.78, 5) is 18.2. The number of hydrogen-bond acceptors (Lipinski definition) is 4. The number of ether oxygens (including phenoxy) is 1. The van der Waals surface area contributed by atoms with Crippen LogP contribution in [0.4, 0.5) is 19.0 Å². The average molecular weight is 391 g/mol. The lowest BCUT2D eigenvalue weighted by Gasteiger charge is -2.34. The summed E-state index contributed by atoms with van der Waals surface area (Å²) < 4.78 is 43.9. The fourth-order valence-electron chi connectivity index (χ4n) is 2.92. The summed E-state index contributed by atoms with van der Waals surface area (Å²) >= 11 is 0. The highest BCUT2D eigenvalue weighted by molar-refractivity contribution is 5.94. The number of amides is 1. The molecule has 0 aliphatic carbocycles. The van der Waals surface area contributed by atoms with Crippen molar-refractivity contribution in [1.29, 1.82) is 0 Å². The first-order valence-corrected chi connectivity index (χ1v) is 8.77. The lowest BCUT2D eigenvalue weighted by molar-refractivity contribution is -0.137. The maximum atomic E-state index is 12.7. The quantitative estimate of drug-likeness (QED) is 0.792. The van der Waals surface area contributed by atoms with Gasteiger partial charge in [-0.2, -0.15) is 13.2 Å². The second-order valence-electron chi connectivity index (χ2n) is 6.33. The van der Waals surface area contributed by atoms with Gasteiger partial charge in [0, 0.05) is 25.8 Å². The van der Waals surface area contributed by atoms with Crippen molar-refractivity contribution < 1.29 is 22.7 Å². The van der Waals surface area contributed by atoms with Gasteiger partial charge < -0.3 is 15.0 Å². The Kier molecular flexibility index (Phi) is 5.99. The Morgan fingerprint density at radius 1 is 1.29 bits per heavy atom. The van der Waals surface area contributed by atoms with Gasteiger partial charge in [-0.1, -0.05) is 18.2 Å². The van der Waals surface area contributed by atoms with E-state index in [1.54, 1.807) is 18.2 Å². The van der Waals surface area contributed by atoms with Crippen molar-refractivity contribution in [3.05, 3.63) is 71.9 Å². The first kappa shape index (κ1) is 19.9. The number of rotatable bonds is 5. The van der Waals surface area contributed by atoms with E-state index >= 15 is 0 Å². The first-order valence-electron chi connectivity index (χ1n) is 8.77. The van der Waals surface area contributed by atoms with Crippen LogP contribution < -0.4 is 10.2 Å². The number of morpholine rings is 1. The molecule has 8 heteroatoms. The van der Waals surface area contributed by atoms with Crippen LogP contribution >= 0.6 is 0 Å². The second-order valence-corrected chi connectivity index (χ2v) is 6.33. The van der Waals surface area contributed by atoms with E-state index in [1.165, 1.54) is 18.3 Å². The molecular formula is C20H20F3N3O2. The Labute approximate surface area is 160 Å². The van der Waals surface area contributed by atoms with E-state index in [9.17, 15) is 18.0 Å². The number of benzene rings is 1. The fourth-order valence-corrected chi connectivity index (χ4v) is 2.92. The lowest BCUT2D eigenvalue weighted by atomic mass is 10.1. The van der Waals surface area contributed by atoms with Crippen molar-refractivity contribution in [1.82, 2.24) is 10.3 Å². The van der Waals surface area contributed by atoms with Gasteiger partial charge in [-0.05, 0) is 29.8 Å².